The van der Waals surface area contributed by atoms with Gasteiger partial charge in [-0.1, -0.05) is 22.0 Å². The maximum atomic E-state index is 11.6. The largest absolute Gasteiger partial charge is 0.504 e. The zero-order valence-electron chi connectivity index (χ0n) is 11.4. The minimum atomic E-state index is -0.446. The van der Waals surface area contributed by atoms with Gasteiger partial charge in [-0.3, -0.25) is 4.79 Å². The summed E-state index contributed by atoms with van der Waals surface area (Å²) >= 11 is 3.30. The number of hydrogen-bond donors (Lipinski definition) is 3. The number of ether oxygens (including phenoxy) is 1. The molecule has 0 spiro atoms. The Morgan fingerprint density at radius 2 is 1.95 bits per heavy atom. The molecule has 2 rings (SSSR count). The lowest BCUT2D eigenvalue weighted by atomic mass is 10.2. The third kappa shape index (κ3) is 4.49. The Morgan fingerprint density at radius 3 is 2.68 bits per heavy atom. The van der Waals surface area contributed by atoms with E-state index in [9.17, 15) is 15.0 Å². The van der Waals surface area contributed by atoms with Crippen molar-refractivity contribution in [2.24, 2.45) is 5.10 Å². The summed E-state index contributed by atoms with van der Waals surface area (Å²) < 4.78 is 6.19. The van der Waals surface area contributed by atoms with Gasteiger partial charge in [0.15, 0.2) is 18.1 Å². The molecule has 0 aliphatic heterocycles. The predicted octanol–water partition coefficient (Wildman–Crippen LogP) is 2.39. The van der Waals surface area contributed by atoms with E-state index >= 15 is 0 Å². The van der Waals surface area contributed by atoms with Crippen molar-refractivity contribution >= 4 is 28.1 Å². The lowest BCUT2D eigenvalue weighted by molar-refractivity contribution is -0.123. The van der Waals surface area contributed by atoms with Crippen LogP contribution in [0.5, 0.6) is 17.2 Å². The number of hydrogen-bond acceptors (Lipinski definition) is 5. The van der Waals surface area contributed by atoms with Crippen molar-refractivity contribution in [3.05, 3.63) is 52.5 Å². The lowest BCUT2D eigenvalue weighted by Gasteiger charge is -2.05. The van der Waals surface area contributed by atoms with Crippen molar-refractivity contribution in [2.45, 2.75) is 0 Å². The van der Waals surface area contributed by atoms with Crippen molar-refractivity contribution in [1.82, 2.24) is 5.43 Å². The number of para-hydroxylation sites is 1. The average molecular weight is 365 g/mol. The number of phenolic OH excluding ortho intramolecular Hbond substituents is 2. The van der Waals surface area contributed by atoms with E-state index in [-0.39, 0.29) is 23.7 Å². The number of amides is 1. The van der Waals surface area contributed by atoms with Crippen LogP contribution >= 0.6 is 15.9 Å². The Kier molecular flexibility index (Phi) is 5.37. The standard InChI is InChI=1S/C15H13BrN2O4/c16-11-4-6-12(7-5-11)22-9-14(20)18-17-8-10-2-1-3-13(19)15(10)21/h1-8,19,21H,9H2,(H,18,20)/b17-8+. The fourth-order valence-corrected chi connectivity index (χ4v) is 1.80. The minimum Gasteiger partial charge on any atom is -0.504 e. The summed E-state index contributed by atoms with van der Waals surface area (Å²) in [6.07, 6.45) is 1.23. The van der Waals surface area contributed by atoms with Crippen molar-refractivity contribution in [1.29, 1.82) is 0 Å². The molecule has 0 saturated carbocycles. The zero-order chi connectivity index (χ0) is 15.9. The predicted molar refractivity (Wildman–Crippen MR) is 85.1 cm³/mol. The van der Waals surface area contributed by atoms with E-state index in [1.54, 1.807) is 36.4 Å². The van der Waals surface area contributed by atoms with Crippen LogP contribution < -0.4 is 10.2 Å². The second-order valence-corrected chi connectivity index (χ2v) is 5.17. The van der Waals surface area contributed by atoms with E-state index in [2.05, 4.69) is 26.5 Å². The van der Waals surface area contributed by atoms with Gasteiger partial charge in [-0.25, -0.2) is 5.43 Å². The number of carbonyl (C=O) groups is 1. The number of rotatable bonds is 5. The number of hydrazone groups is 1. The van der Waals surface area contributed by atoms with Crippen LogP contribution in [0.3, 0.4) is 0 Å². The number of carbonyl (C=O) groups excluding carboxylic acids is 1. The van der Waals surface area contributed by atoms with Gasteiger partial charge in [0.2, 0.25) is 0 Å². The fourth-order valence-electron chi connectivity index (χ4n) is 1.54. The second-order valence-electron chi connectivity index (χ2n) is 4.25. The van der Waals surface area contributed by atoms with Crippen molar-refractivity contribution in [3.8, 4) is 17.2 Å². The molecule has 7 heteroatoms. The Balaban J connectivity index is 1.83. The molecule has 0 radical (unpaired) electrons. The SMILES string of the molecule is O=C(COc1ccc(Br)cc1)N/N=C/c1cccc(O)c1O. The van der Waals surface area contributed by atoms with Gasteiger partial charge in [0, 0.05) is 10.0 Å². The molecule has 1 amide bonds. The summed E-state index contributed by atoms with van der Waals surface area (Å²) in [5.41, 5.74) is 2.55. The first kappa shape index (κ1) is 15.8. The van der Waals surface area contributed by atoms with Gasteiger partial charge in [0.25, 0.3) is 5.91 Å². The highest BCUT2D eigenvalue weighted by Gasteiger charge is 2.04. The van der Waals surface area contributed by atoms with Crippen LogP contribution in [-0.4, -0.2) is 28.9 Å². The monoisotopic (exact) mass is 364 g/mol. The second kappa shape index (κ2) is 7.46. The Labute approximate surface area is 135 Å². The van der Waals surface area contributed by atoms with Crippen molar-refractivity contribution in [3.63, 3.8) is 0 Å². The third-order valence-corrected chi connectivity index (χ3v) is 3.15. The highest BCUT2D eigenvalue weighted by atomic mass is 79.9. The van der Waals surface area contributed by atoms with Crippen molar-refractivity contribution < 1.29 is 19.7 Å². The highest BCUT2D eigenvalue weighted by Crippen LogP contribution is 2.26. The van der Waals surface area contributed by atoms with Crippen LogP contribution in [0.25, 0.3) is 0 Å². The van der Waals surface area contributed by atoms with E-state index in [0.717, 1.165) is 4.47 Å². The Bertz CT molecular complexity index is 686. The van der Waals surface area contributed by atoms with E-state index in [0.29, 0.717) is 5.75 Å². The normalized spacial score (nSPS) is 10.6. The first-order chi connectivity index (χ1) is 10.6. The summed E-state index contributed by atoms with van der Waals surface area (Å²) in [5.74, 6) is -0.438. The van der Waals surface area contributed by atoms with Crippen LogP contribution in [0.2, 0.25) is 0 Å². The fraction of sp³-hybridized carbons (Fsp3) is 0.0667. The van der Waals surface area contributed by atoms with Crippen molar-refractivity contribution in [2.75, 3.05) is 6.61 Å². The quantitative estimate of drug-likeness (QED) is 0.431. The van der Waals surface area contributed by atoms with Crippen LogP contribution in [0, 0.1) is 0 Å². The molecule has 0 unspecified atom stereocenters. The molecule has 0 saturated heterocycles. The van der Waals surface area contributed by atoms with E-state index < -0.39 is 5.91 Å². The summed E-state index contributed by atoms with van der Waals surface area (Å²) in [7, 11) is 0. The number of phenols is 2. The maximum absolute atomic E-state index is 11.6. The van der Waals surface area contributed by atoms with Crippen LogP contribution in [0.15, 0.2) is 52.0 Å². The molecule has 3 N–H and O–H groups in total. The van der Waals surface area contributed by atoms with E-state index in [1.807, 2.05) is 0 Å². The molecule has 0 aliphatic carbocycles. The molecule has 0 heterocycles. The van der Waals surface area contributed by atoms with E-state index in [1.165, 1.54) is 12.3 Å². The molecule has 2 aromatic rings. The topological polar surface area (TPSA) is 91.2 Å². The summed E-state index contributed by atoms with van der Waals surface area (Å²) in [6, 6.07) is 11.5. The molecule has 2 aromatic carbocycles. The first-order valence-corrected chi connectivity index (χ1v) is 7.07. The highest BCUT2D eigenvalue weighted by molar-refractivity contribution is 9.10. The van der Waals surface area contributed by atoms with E-state index in [4.69, 9.17) is 4.74 Å². The van der Waals surface area contributed by atoms with Gasteiger partial charge in [0.1, 0.15) is 5.75 Å². The van der Waals surface area contributed by atoms with Gasteiger partial charge in [-0.05, 0) is 36.4 Å². The number of nitrogens with zero attached hydrogens (tertiary/aromatic N) is 1. The lowest BCUT2D eigenvalue weighted by Crippen LogP contribution is -2.24. The number of nitrogens with one attached hydrogen (secondary N) is 1. The first-order valence-electron chi connectivity index (χ1n) is 6.27. The molecule has 0 aromatic heterocycles. The summed E-state index contributed by atoms with van der Waals surface area (Å²) in [6.45, 7) is -0.189. The molecule has 114 valence electrons. The maximum Gasteiger partial charge on any atom is 0.277 e. The molecular weight excluding hydrogens is 352 g/mol. The van der Waals surface area contributed by atoms with Gasteiger partial charge in [0.05, 0.1) is 6.21 Å². The Hall–Kier alpha value is -2.54. The van der Waals surface area contributed by atoms with Crippen LogP contribution in [0.1, 0.15) is 5.56 Å². The average Bonchev–Trinajstić information content (AvgIpc) is 2.51. The third-order valence-electron chi connectivity index (χ3n) is 2.62. The molecule has 22 heavy (non-hydrogen) atoms. The van der Waals surface area contributed by atoms with Crippen LogP contribution in [0.4, 0.5) is 0 Å². The number of halogens is 1. The number of aromatic hydroxyl groups is 2. The molecular formula is C15H13BrN2O4. The van der Waals surface area contributed by atoms with Gasteiger partial charge >= 0.3 is 0 Å². The van der Waals surface area contributed by atoms with Gasteiger partial charge in [-0.15, -0.1) is 0 Å². The minimum absolute atomic E-state index is 0.189. The summed E-state index contributed by atoms with van der Waals surface area (Å²) in [5, 5.41) is 22.6. The molecule has 0 fully saturated rings. The molecule has 0 aliphatic rings. The molecule has 6 nitrogen and oxygen atoms in total. The van der Waals surface area contributed by atoms with Gasteiger partial charge in [-0.2, -0.15) is 5.10 Å². The van der Waals surface area contributed by atoms with Gasteiger partial charge < -0.3 is 14.9 Å². The van der Waals surface area contributed by atoms with Crippen LogP contribution in [-0.2, 0) is 4.79 Å². The Morgan fingerprint density at radius 1 is 1.23 bits per heavy atom. The molecule has 0 bridgehead atoms. The molecule has 0 atom stereocenters. The zero-order valence-corrected chi connectivity index (χ0v) is 12.9. The number of benzene rings is 2. The summed E-state index contributed by atoms with van der Waals surface area (Å²) in [4.78, 5) is 11.6. The smallest absolute Gasteiger partial charge is 0.277 e.